The topological polar surface area (TPSA) is 46.0 Å². The second-order valence-corrected chi connectivity index (χ2v) is 4.63. The van der Waals surface area contributed by atoms with Gasteiger partial charge in [-0.15, -0.1) is 0 Å². The lowest BCUT2D eigenvalue weighted by atomic mass is 10.1. The highest BCUT2D eigenvalue weighted by Gasteiger charge is 2.08. The molecule has 2 aromatic rings. The SMILES string of the molecule is CCCC(Br)c1ccc2[nH]c(=O)oc2c1. The van der Waals surface area contributed by atoms with E-state index in [9.17, 15) is 4.79 Å². The molecule has 0 spiro atoms. The van der Waals surface area contributed by atoms with Gasteiger partial charge in [-0.25, -0.2) is 4.79 Å². The Balaban J connectivity index is 2.41. The van der Waals surface area contributed by atoms with Crippen LogP contribution in [0.25, 0.3) is 11.1 Å². The molecular formula is C11H12BrNO2. The van der Waals surface area contributed by atoms with Crippen LogP contribution in [0.5, 0.6) is 0 Å². The molecule has 1 heterocycles. The molecule has 0 radical (unpaired) electrons. The zero-order chi connectivity index (χ0) is 10.8. The van der Waals surface area contributed by atoms with Crippen LogP contribution in [0.1, 0.15) is 30.2 Å². The summed E-state index contributed by atoms with van der Waals surface area (Å²) in [7, 11) is 0. The van der Waals surface area contributed by atoms with Crippen molar-refractivity contribution in [3.8, 4) is 0 Å². The number of alkyl halides is 1. The van der Waals surface area contributed by atoms with Crippen molar-refractivity contribution in [2.24, 2.45) is 0 Å². The fourth-order valence-electron chi connectivity index (χ4n) is 1.58. The van der Waals surface area contributed by atoms with Crippen molar-refractivity contribution in [2.75, 3.05) is 0 Å². The highest BCUT2D eigenvalue weighted by Crippen LogP contribution is 2.29. The molecule has 1 unspecified atom stereocenters. The number of hydrogen-bond acceptors (Lipinski definition) is 2. The molecule has 4 heteroatoms. The predicted molar refractivity (Wildman–Crippen MR) is 63.4 cm³/mol. The fraction of sp³-hybridized carbons (Fsp3) is 0.364. The van der Waals surface area contributed by atoms with Gasteiger partial charge in [0.2, 0.25) is 0 Å². The van der Waals surface area contributed by atoms with Crippen molar-refractivity contribution in [3.63, 3.8) is 0 Å². The first-order valence-corrected chi connectivity index (χ1v) is 5.89. The van der Waals surface area contributed by atoms with Gasteiger partial charge in [0.15, 0.2) is 5.58 Å². The van der Waals surface area contributed by atoms with E-state index in [2.05, 4.69) is 27.8 Å². The summed E-state index contributed by atoms with van der Waals surface area (Å²) in [6.07, 6.45) is 2.19. The number of oxazole rings is 1. The van der Waals surface area contributed by atoms with Crippen LogP contribution in [0.2, 0.25) is 0 Å². The summed E-state index contributed by atoms with van der Waals surface area (Å²) >= 11 is 3.61. The zero-order valence-electron chi connectivity index (χ0n) is 8.42. The summed E-state index contributed by atoms with van der Waals surface area (Å²) in [6.45, 7) is 2.14. The number of aromatic nitrogens is 1. The third-order valence-corrected chi connectivity index (χ3v) is 3.34. The van der Waals surface area contributed by atoms with Crippen LogP contribution in [-0.2, 0) is 0 Å². The molecule has 0 aliphatic heterocycles. The molecule has 80 valence electrons. The van der Waals surface area contributed by atoms with Crippen molar-refractivity contribution >= 4 is 27.0 Å². The monoisotopic (exact) mass is 269 g/mol. The van der Waals surface area contributed by atoms with E-state index in [4.69, 9.17) is 4.42 Å². The number of benzene rings is 1. The van der Waals surface area contributed by atoms with E-state index in [0.717, 1.165) is 23.9 Å². The molecule has 15 heavy (non-hydrogen) atoms. The number of H-pyrrole nitrogens is 1. The van der Waals surface area contributed by atoms with Crippen molar-refractivity contribution in [1.82, 2.24) is 4.98 Å². The van der Waals surface area contributed by atoms with Gasteiger partial charge in [0.05, 0.1) is 5.52 Å². The highest BCUT2D eigenvalue weighted by molar-refractivity contribution is 9.09. The maximum atomic E-state index is 11.0. The Kier molecular flexibility index (Phi) is 2.95. The van der Waals surface area contributed by atoms with E-state index in [0.29, 0.717) is 10.4 Å². The lowest BCUT2D eigenvalue weighted by molar-refractivity contribution is 0.555. The minimum atomic E-state index is -0.399. The molecule has 1 aromatic carbocycles. The second-order valence-electron chi connectivity index (χ2n) is 3.53. The molecule has 0 aliphatic carbocycles. The second kappa shape index (κ2) is 4.23. The first kappa shape index (κ1) is 10.5. The van der Waals surface area contributed by atoms with E-state index in [1.807, 2.05) is 18.2 Å². The van der Waals surface area contributed by atoms with Crippen LogP contribution in [-0.4, -0.2) is 4.98 Å². The number of fused-ring (bicyclic) bond motifs is 1. The predicted octanol–water partition coefficient (Wildman–Crippen LogP) is 3.36. The fourth-order valence-corrected chi connectivity index (χ4v) is 2.32. The Morgan fingerprint density at radius 2 is 2.33 bits per heavy atom. The van der Waals surface area contributed by atoms with Crippen molar-refractivity contribution in [1.29, 1.82) is 0 Å². The molecule has 0 aliphatic rings. The standard InChI is InChI=1S/C11H12BrNO2/c1-2-3-8(12)7-4-5-9-10(6-7)15-11(14)13-9/h4-6,8H,2-3H2,1H3,(H,13,14). The van der Waals surface area contributed by atoms with E-state index in [1.54, 1.807) is 0 Å². The first-order chi connectivity index (χ1) is 7.20. The normalized spacial score (nSPS) is 13.2. The summed E-state index contributed by atoms with van der Waals surface area (Å²) in [6, 6.07) is 5.78. The molecule has 0 bridgehead atoms. The molecule has 1 atom stereocenters. The van der Waals surface area contributed by atoms with Gasteiger partial charge in [0.25, 0.3) is 0 Å². The lowest BCUT2D eigenvalue weighted by Gasteiger charge is -2.07. The van der Waals surface area contributed by atoms with E-state index in [-0.39, 0.29) is 0 Å². The van der Waals surface area contributed by atoms with Gasteiger partial charge < -0.3 is 4.42 Å². The van der Waals surface area contributed by atoms with Crippen molar-refractivity contribution in [3.05, 3.63) is 34.3 Å². The summed E-state index contributed by atoms with van der Waals surface area (Å²) < 4.78 is 5.00. The average molecular weight is 270 g/mol. The maximum absolute atomic E-state index is 11.0. The van der Waals surface area contributed by atoms with Crippen molar-refractivity contribution < 1.29 is 4.42 Å². The van der Waals surface area contributed by atoms with Crippen molar-refractivity contribution in [2.45, 2.75) is 24.6 Å². The number of halogens is 1. The molecule has 2 rings (SSSR count). The van der Waals surface area contributed by atoms with Gasteiger partial charge in [-0.2, -0.15) is 0 Å². The molecule has 0 amide bonds. The van der Waals surface area contributed by atoms with Crippen LogP contribution >= 0.6 is 15.9 Å². The number of nitrogens with one attached hydrogen (secondary N) is 1. The van der Waals surface area contributed by atoms with Crippen LogP contribution < -0.4 is 5.76 Å². The largest absolute Gasteiger partial charge is 0.417 e. The molecule has 0 saturated carbocycles. The number of hydrogen-bond donors (Lipinski definition) is 1. The van der Waals surface area contributed by atoms with Gasteiger partial charge in [-0.3, -0.25) is 4.98 Å². The number of aromatic amines is 1. The molecule has 1 N–H and O–H groups in total. The van der Waals surface area contributed by atoms with Gasteiger partial charge in [-0.1, -0.05) is 35.3 Å². The van der Waals surface area contributed by atoms with Crippen LogP contribution in [0.15, 0.2) is 27.4 Å². The summed E-state index contributed by atoms with van der Waals surface area (Å²) in [5.74, 6) is -0.399. The van der Waals surface area contributed by atoms with E-state index < -0.39 is 5.76 Å². The Bertz CT molecular complexity index is 515. The summed E-state index contributed by atoms with van der Waals surface area (Å²) in [5, 5.41) is 0. The summed E-state index contributed by atoms with van der Waals surface area (Å²) in [5.41, 5.74) is 2.52. The molecular weight excluding hydrogens is 258 g/mol. The van der Waals surface area contributed by atoms with Crippen LogP contribution in [0, 0.1) is 0 Å². The molecule has 0 saturated heterocycles. The third-order valence-electron chi connectivity index (χ3n) is 2.35. The Labute approximate surface area is 95.6 Å². The Morgan fingerprint density at radius 1 is 1.53 bits per heavy atom. The molecule has 3 nitrogen and oxygen atoms in total. The Hall–Kier alpha value is -1.03. The first-order valence-electron chi connectivity index (χ1n) is 4.97. The highest BCUT2D eigenvalue weighted by atomic mass is 79.9. The van der Waals surface area contributed by atoms with Gasteiger partial charge in [0, 0.05) is 4.83 Å². The quantitative estimate of drug-likeness (QED) is 0.869. The molecule has 1 aromatic heterocycles. The number of rotatable bonds is 3. The maximum Gasteiger partial charge on any atom is 0.417 e. The molecule has 0 fully saturated rings. The van der Waals surface area contributed by atoms with Crippen LogP contribution in [0.3, 0.4) is 0 Å². The van der Waals surface area contributed by atoms with Crippen LogP contribution in [0.4, 0.5) is 0 Å². The average Bonchev–Trinajstić information content (AvgIpc) is 2.57. The van der Waals surface area contributed by atoms with Gasteiger partial charge in [0.1, 0.15) is 0 Å². The van der Waals surface area contributed by atoms with Gasteiger partial charge >= 0.3 is 5.76 Å². The minimum Gasteiger partial charge on any atom is -0.408 e. The Morgan fingerprint density at radius 3 is 3.07 bits per heavy atom. The van der Waals surface area contributed by atoms with Gasteiger partial charge in [-0.05, 0) is 24.1 Å². The third kappa shape index (κ3) is 2.15. The van der Waals surface area contributed by atoms with E-state index >= 15 is 0 Å². The minimum absolute atomic E-state index is 0.326. The smallest absolute Gasteiger partial charge is 0.408 e. The summed E-state index contributed by atoms with van der Waals surface area (Å²) in [4.78, 5) is 13.9. The lowest BCUT2D eigenvalue weighted by Crippen LogP contribution is -1.92. The zero-order valence-corrected chi connectivity index (χ0v) is 10.0. The van der Waals surface area contributed by atoms with E-state index in [1.165, 1.54) is 0 Å².